The highest BCUT2D eigenvalue weighted by molar-refractivity contribution is 7.88. The second kappa shape index (κ2) is 11.1. The number of halogens is 1. The largest absolute Gasteiger partial charge is 0.573 e. The number of fused-ring (bicyclic) bond motifs is 3. The van der Waals surface area contributed by atoms with E-state index >= 15 is 4.39 Å². The number of amides is 1. The first-order valence-electron chi connectivity index (χ1n) is 14.8. The van der Waals surface area contributed by atoms with E-state index in [1.165, 1.54) is 6.07 Å². The lowest BCUT2D eigenvalue weighted by Crippen LogP contribution is -2.58. The summed E-state index contributed by atoms with van der Waals surface area (Å²) in [4.78, 5) is 16.1. The number of carbonyl (C=O) groups is 1. The van der Waals surface area contributed by atoms with Gasteiger partial charge in [0.05, 0.1) is 36.5 Å². The number of benzene rings is 1. The fraction of sp³-hybridized carbons (Fsp3) is 0.667. The second-order valence-corrected chi connectivity index (χ2v) is 14.5. The third-order valence-electron chi connectivity index (χ3n) is 9.49. The molecule has 1 amide bonds. The predicted octanol–water partition coefficient (Wildman–Crippen LogP) is 4.64. The van der Waals surface area contributed by atoms with Crippen molar-refractivity contribution in [2.45, 2.75) is 89.6 Å². The molecule has 0 radical (unpaired) electrons. The molecule has 1 aliphatic heterocycles. The Morgan fingerprint density at radius 3 is 2.78 bits per heavy atom. The summed E-state index contributed by atoms with van der Waals surface area (Å²) >= 11 is -1.72. The molecule has 224 valence electrons. The Bertz CT molecular complexity index is 1250. The van der Waals surface area contributed by atoms with Crippen LogP contribution in [0, 0.1) is 29.0 Å². The van der Waals surface area contributed by atoms with Crippen molar-refractivity contribution in [2.75, 3.05) is 13.2 Å². The molecular formula is C30H41FN4O5S. The van der Waals surface area contributed by atoms with E-state index in [1.54, 1.807) is 39.4 Å². The van der Waals surface area contributed by atoms with Gasteiger partial charge in [-0.15, -0.1) is 9.44 Å². The minimum absolute atomic E-state index is 0.156. The van der Waals surface area contributed by atoms with Crippen molar-refractivity contribution < 1.29 is 28.3 Å². The lowest BCUT2D eigenvalue weighted by atomic mass is 9.46. The van der Waals surface area contributed by atoms with E-state index in [0.29, 0.717) is 49.3 Å². The van der Waals surface area contributed by atoms with Crippen molar-refractivity contribution in [1.82, 2.24) is 19.0 Å². The Morgan fingerprint density at radius 2 is 2.05 bits per heavy atom. The molecule has 1 aromatic carbocycles. The van der Waals surface area contributed by atoms with Crippen LogP contribution < -0.4 is 9.44 Å². The quantitative estimate of drug-likeness (QED) is 0.273. The highest BCUT2D eigenvalue weighted by atomic mass is 32.2. The Hall–Kier alpha value is -2.18. The standard InChI is InChI=1S/C30H41FN4O5S/c1-29(2,3)40-28(37)34-41(38)33-8-5-9-39-27-19-10-18-11-20(27)15-30(13-18,14-19)25(36)12-23-26-21(6-4-7-22(26)31)24-16-32-17-35(23)24/h4,6-7,16-20,23,25,27,33,36H,5,8-15H2,1-3H3,(H,34,37). The first kappa shape index (κ1) is 28.9. The third kappa shape index (κ3) is 5.76. The molecule has 4 saturated carbocycles. The average Bonchev–Trinajstić information content (AvgIpc) is 3.47. The maximum absolute atomic E-state index is 15.0. The third-order valence-corrected chi connectivity index (χ3v) is 10.3. The van der Waals surface area contributed by atoms with Crippen molar-refractivity contribution in [3.8, 4) is 11.3 Å². The number of hydrogen-bond acceptors (Lipinski definition) is 7. The second-order valence-electron chi connectivity index (χ2n) is 13.4. The lowest BCUT2D eigenvalue weighted by Gasteiger charge is -2.61. The van der Waals surface area contributed by atoms with Crippen LogP contribution in [0.5, 0.6) is 0 Å². The summed E-state index contributed by atoms with van der Waals surface area (Å²) in [6.07, 6.45) is 8.75. The van der Waals surface area contributed by atoms with E-state index in [-0.39, 0.29) is 23.4 Å². The molecule has 2 aromatic rings. The highest BCUT2D eigenvalue weighted by Gasteiger charge is 2.58. The first-order chi connectivity index (χ1) is 19.5. The van der Waals surface area contributed by atoms with Gasteiger partial charge in [-0.05, 0) is 95.0 Å². The SMILES string of the molecule is CC(C)(C)OC(=O)N[S+]([O-])NCCCOC1C2CC3CC1CC(C(O)CC1c4c(F)cccc4-c4cncn41)(C3)C2. The van der Waals surface area contributed by atoms with E-state index in [1.807, 2.05) is 10.6 Å². The molecule has 41 heavy (non-hydrogen) atoms. The Morgan fingerprint density at radius 1 is 1.29 bits per heavy atom. The van der Waals surface area contributed by atoms with Crippen LogP contribution >= 0.6 is 0 Å². The van der Waals surface area contributed by atoms with E-state index in [4.69, 9.17) is 9.47 Å². The lowest BCUT2D eigenvalue weighted by molar-refractivity contribution is -0.189. The number of nitrogens with one attached hydrogen (secondary N) is 2. The van der Waals surface area contributed by atoms with Gasteiger partial charge in [0.1, 0.15) is 11.4 Å². The number of aliphatic hydroxyl groups excluding tert-OH is 1. The van der Waals surface area contributed by atoms with Gasteiger partial charge in [0, 0.05) is 24.3 Å². The summed E-state index contributed by atoms with van der Waals surface area (Å²) in [6, 6.07) is 4.94. The van der Waals surface area contributed by atoms with E-state index in [0.717, 1.165) is 43.4 Å². The molecule has 5 aliphatic rings. The van der Waals surface area contributed by atoms with Crippen molar-refractivity contribution >= 4 is 17.6 Å². The van der Waals surface area contributed by atoms with E-state index in [2.05, 4.69) is 14.4 Å². The summed E-state index contributed by atoms with van der Waals surface area (Å²) in [6.45, 7) is 6.22. The molecule has 11 heteroatoms. The molecular weight excluding hydrogens is 547 g/mol. The van der Waals surface area contributed by atoms with Gasteiger partial charge in [-0.25, -0.2) is 14.2 Å². The van der Waals surface area contributed by atoms with Crippen LogP contribution in [0.15, 0.2) is 30.7 Å². The first-order valence-corrected chi connectivity index (χ1v) is 15.9. The Labute approximate surface area is 244 Å². The number of nitrogens with zero attached hydrogens (tertiary/aromatic N) is 2. The molecule has 3 N–H and O–H groups in total. The summed E-state index contributed by atoms with van der Waals surface area (Å²) in [5, 5.41) is 11.8. The average molecular weight is 589 g/mol. The van der Waals surface area contributed by atoms with Crippen LogP contribution in [-0.2, 0) is 21.0 Å². The minimum Gasteiger partial charge on any atom is -0.573 e. The maximum atomic E-state index is 15.0. The Kier molecular flexibility index (Phi) is 7.86. The summed E-state index contributed by atoms with van der Waals surface area (Å²) in [5.41, 5.74) is 1.65. The van der Waals surface area contributed by atoms with Crippen LogP contribution in [0.4, 0.5) is 9.18 Å². The number of aromatic nitrogens is 2. The number of ether oxygens (including phenoxy) is 2. The molecule has 2 heterocycles. The van der Waals surface area contributed by atoms with Crippen LogP contribution in [0.3, 0.4) is 0 Å². The zero-order valence-corrected chi connectivity index (χ0v) is 24.8. The van der Waals surface area contributed by atoms with Gasteiger partial charge in [0.15, 0.2) is 11.5 Å². The van der Waals surface area contributed by atoms with Crippen LogP contribution in [0.2, 0.25) is 0 Å². The van der Waals surface area contributed by atoms with Crippen molar-refractivity contribution in [1.29, 1.82) is 0 Å². The number of rotatable bonds is 10. The van der Waals surface area contributed by atoms with Crippen molar-refractivity contribution in [3.63, 3.8) is 0 Å². The van der Waals surface area contributed by atoms with Gasteiger partial charge in [-0.3, -0.25) is 0 Å². The van der Waals surface area contributed by atoms with Gasteiger partial charge < -0.3 is 23.7 Å². The van der Waals surface area contributed by atoms with E-state index < -0.39 is 29.3 Å². The molecule has 1 aromatic heterocycles. The van der Waals surface area contributed by atoms with Gasteiger partial charge in [0.2, 0.25) is 0 Å². The minimum atomic E-state index is -1.72. The molecule has 5 unspecified atom stereocenters. The smallest absolute Gasteiger partial charge is 0.451 e. The van der Waals surface area contributed by atoms with Crippen LogP contribution in [-0.4, -0.2) is 56.3 Å². The Balaban J connectivity index is 1.02. The fourth-order valence-electron chi connectivity index (χ4n) is 8.28. The van der Waals surface area contributed by atoms with Crippen LogP contribution in [0.25, 0.3) is 11.3 Å². The zero-order valence-electron chi connectivity index (χ0n) is 24.0. The highest BCUT2D eigenvalue weighted by Crippen LogP contribution is 2.63. The topological polar surface area (TPSA) is 121 Å². The number of aliphatic hydroxyl groups is 1. The van der Waals surface area contributed by atoms with E-state index in [9.17, 15) is 14.5 Å². The molecule has 4 fully saturated rings. The molecule has 0 saturated heterocycles. The van der Waals surface area contributed by atoms with Crippen LogP contribution in [0.1, 0.15) is 77.3 Å². The summed E-state index contributed by atoms with van der Waals surface area (Å²) in [5.74, 6) is 1.19. The monoisotopic (exact) mass is 588 g/mol. The molecule has 4 aliphatic carbocycles. The number of hydrogen-bond donors (Lipinski definition) is 3. The normalized spacial score (nSPS) is 31.0. The predicted molar refractivity (Wildman–Crippen MR) is 152 cm³/mol. The van der Waals surface area contributed by atoms with Gasteiger partial charge in [0.25, 0.3) is 0 Å². The number of imidazole rings is 1. The van der Waals surface area contributed by atoms with Gasteiger partial charge in [-0.1, -0.05) is 12.1 Å². The van der Waals surface area contributed by atoms with Crippen molar-refractivity contribution in [2.24, 2.45) is 23.2 Å². The molecule has 4 bridgehead atoms. The van der Waals surface area contributed by atoms with Crippen molar-refractivity contribution in [3.05, 3.63) is 42.1 Å². The number of carbonyl (C=O) groups excluding carboxylic acids is 1. The zero-order chi connectivity index (χ0) is 28.9. The molecule has 7 rings (SSSR count). The molecule has 5 atom stereocenters. The summed E-state index contributed by atoms with van der Waals surface area (Å²) < 4.78 is 45.7. The summed E-state index contributed by atoms with van der Waals surface area (Å²) in [7, 11) is 0. The maximum Gasteiger partial charge on any atom is 0.451 e. The fourth-order valence-corrected chi connectivity index (χ4v) is 8.88. The molecule has 9 nitrogen and oxygen atoms in total. The molecule has 0 spiro atoms. The van der Waals surface area contributed by atoms with Gasteiger partial charge >= 0.3 is 6.09 Å². The van der Waals surface area contributed by atoms with Gasteiger partial charge in [-0.2, -0.15) is 0 Å².